The minimum absolute atomic E-state index is 0.0925. The van der Waals surface area contributed by atoms with Gasteiger partial charge < -0.3 is 4.90 Å². The molecule has 4 unspecified atom stereocenters. The van der Waals surface area contributed by atoms with Crippen molar-refractivity contribution in [3.8, 4) is 0 Å². The third-order valence-corrected chi connectivity index (χ3v) is 11.3. The third kappa shape index (κ3) is 7.64. The van der Waals surface area contributed by atoms with Crippen LogP contribution in [0.2, 0.25) is 0 Å². The molecule has 2 N–H and O–H groups in total. The number of nitrogens with one attached hydrogen (secondary N) is 2. The molecule has 5 rings (SSSR count). The molecule has 2 aliphatic heterocycles. The summed E-state index contributed by atoms with van der Waals surface area (Å²) in [6, 6.07) is 10.3. The molecule has 1 aromatic carbocycles. The van der Waals surface area contributed by atoms with Crippen LogP contribution in [0.15, 0.2) is 36.4 Å². The van der Waals surface area contributed by atoms with E-state index < -0.39 is 0 Å². The summed E-state index contributed by atoms with van der Waals surface area (Å²) in [7, 11) is 0. The average Bonchev–Trinajstić information content (AvgIpc) is 3.49. The van der Waals surface area contributed by atoms with Gasteiger partial charge in [0, 0.05) is 35.6 Å². The van der Waals surface area contributed by atoms with E-state index in [0.29, 0.717) is 17.1 Å². The minimum Gasteiger partial charge on any atom is -0.321 e. The monoisotopic (exact) mass is 523 g/mol. The summed E-state index contributed by atoms with van der Waals surface area (Å²) in [6.45, 7) is 1.85. The van der Waals surface area contributed by atoms with Crippen molar-refractivity contribution in [3.05, 3.63) is 42.0 Å². The van der Waals surface area contributed by atoms with Gasteiger partial charge in [0.05, 0.1) is 6.17 Å². The van der Waals surface area contributed by atoms with Crippen molar-refractivity contribution in [2.24, 2.45) is 17.8 Å². The number of hydrogen-bond acceptors (Lipinski definition) is 4. The first kappa shape index (κ1) is 27.3. The first-order chi connectivity index (χ1) is 18.3. The molecule has 1 amide bonds. The van der Waals surface area contributed by atoms with E-state index in [4.69, 9.17) is 0 Å². The number of carbonyl (C=O) groups excluding carboxylic acids is 1. The zero-order valence-corrected chi connectivity index (χ0v) is 23.6. The zero-order chi connectivity index (χ0) is 25.3. The van der Waals surface area contributed by atoms with Gasteiger partial charge in [-0.1, -0.05) is 101 Å². The van der Waals surface area contributed by atoms with E-state index >= 15 is 0 Å². The molecule has 1 aromatic rings. The van der Waals surface area contributed by atoms with Crippen LogP contribution >= 0.6 is 11.8 Å². The standard InChI is InChI=1S/C32H49N3OS/c36-31(22-19-25-13-7-6-8-14-25)35(24-28-20-21-30(37-28)27-17-11-4-5-12-18-27)32-29(23-33-34-32)26-15-9-2-1-3-10-16-26/h6-8,13-14,19,22,26-30,32-34H,1-5,9-12,15-18,20-21,23-24H2/b22-19+. The van der Waals surface area contributed by atoms with Crippen LogP contribution in [-0.4, -0.2) is 40.6 Å². The molecule has 204 valence electrons. The zero-order valence-electron chi connectivity index (χ0n) is 22.8. The lowest BCUT2D eigenvalue weighted by atomic mass is 9.80. The van der Waals surface area contributed by atoms with E-state index in [9.17, 15) is 4.79 Å². The summed E-state index contributed by atoms with van der Waals surface area (Å²) in [5.74, 6) is 2.26. The number of amides is 1. The summed E-state index contributed by atoms with van der Waals surface area (Å²) in [5, 5.41) is 1.36. The van der Waals surface area contributed by atoms with E-state index in [1.54, 1.807) is 0 Å². The normalized spacial score (nSPS) is 30.7. The third-order valence-electron chi connectivity index (χ3n) is 9.55. The van der Waals surface area contributed by atoms with Gasteiger partial charge >= 0.3 is 0 Å². The molecule has 4 fully saturated rings. The molecule has 0 bridgehead atoms. The Morgan fingerprint density at radius 2 is 1.49 bits per heavy atom. The van der Waals surface area contributed by atoms with Gasteiger partial charge in [0.15, 0.2) is 0 Å². The highest BCUT2D eigenvalue weighted by atomic mass is 32.2. The SMILES string of the molecule is O=C(/C=C/c1ccccc1)N(CC1CCC(C2CCCCCC2)S1)C1NNCC1C1CCCCCCC1. The second kappa shape index (κ2) is 14.2. The highest BCUT2D eigenvalue weighted by molar-refractivity contribution is 8.00. The number of hydrogen-bond donors (Lipinski definition) is 2. The number of hydrazine groups is 1. The van der Waals surface area contributed by atoms with Crippen LogP contribution in [0.4, 0.5) is 0 Å². The van der Waals surface area contributed by atoms with Crippen molar-refractivity contribution < 1.29 is 4.79 Å². The summed E-state index contributed by atoms with van der Waals surface area (Å²) in [5.41, 5.74) is 8.16. The lowest BCUT2D eigenvalue weighted by Gasteiger charge is -2.37. The van der Waals surface area contributed by atoms with Gasteiger partial charge in [-0.05, 0) is 49.2 Å². The van der Waals surface area contributed by atoms with E-state index in [1.165, 1.54) is 96.3 Å². The molecule has 0 spiro atoms. The number of rotatable bonds is 7. The van der Waals surface area contributed by atoms with Crippen molar-refractivity contribution in [2.75, 3.05) is 13.1 Å². The van der Waals surface area contributed by atoms with Crippen LogP contribution in [-0.2, 0) is 4.79 Å². The van der Waals surface area contributed by atoms with Crippen molar-refractivity contribution >= 4 is 23.7 Å². The van der Waals surface area contributed by atoms with Crippen molar-refractivity contribution in [3.63, 3.8) is 0 Å². The molecule has 5 heteroatoms. The van der Waals surface area contributed by atoms with Crippen LogP contribution in [0, 0.1) is 17.8 Å². The highest BCUT2D eigenvalue weighted by Gasteiger charge is 2.41. The largest absolute Gasteiger partial charge is 0.321 e. The maximum Gasteiger partial charge on any atom is 0.247 e. The lowest BCUT2D eigenvalue weighted by molar-refractivity contribution is -0.130. The fraction of sp³-hybridized carbons (Fsp3) is 0.719. The molecule has 0 radical (unpaired) electrons. The van der Waals surface area contributed by atoms with Crippen LogP contribution in [0.5, 0.6) is 0 Å². The first-order valence-corrected chi connectivity index (χ1v) is 16.4. The van der Waals surface area contributed by atoms with Gasteiger partial charge in [-0.15, -0.1) is 0 Å². The van der Waals surface area contributed by atoms with E-state index in [-0.39, 0.29) is 12.1 Å². The maximum absolute atomic E-state index is 13.8. The quantitative estimate of drug-likeness (QED) is 0.294. The Morgan fingerprint density at radius 3 is 2.19 bits per heavy atom. The van der Waals surface area contributed by atoms with Crippen molar-refractivity contribution in [1.82, 2.24) is 15.8 Å². The Hall–Kier alpha value is -1.30. The molecule has 2 saturated carbocycles. The molecule has 4 aliphatic rings. The van der Waals surface area contributed by atoms with Crippen LogP contribution < -0.4 is 10.9 Å². The van der Waals surface area contributed by atoms with Gasteiger partial charge in [-0.2, -0.15) is 11.8 Å². The number of nitrogens with zero attached hydrogens (tertiary/aromatic N) is 1. The van der Waals surface area contributed by atoms with E-state index in [1.807, 2.05) is 30.4 Å². The molecular weight excluding hydrogens is 474 g/mol. The number of thioether (sulfide) groups is 1. The molecular formula is C32H49N3OS. The second-order valence-corrected chi connectivity index (χ2v) is 13.6. The first-order valence-electron chi connectivity index (χ1n) is 15.5. The van der Waals surface area contributed by atoms with Crippen molar-refractivity contribution in [2.45, 2.75) is 113 Å². The molecule has 2 saturated heterocycles. The average molecular weight is 524 g/mol. The minimum atomic E-state index is 0.0925. The molecule has 4 nitrogen and oxygen atoms in total. The Kier molecular flexibility index (Phi) is 10.5. The summed E-state index contributed by atoms with van der Waals surface area (Å²) >= 11 is 2.22. The predicted octanol–water partition coefficient (Wildman–Crippen LogP) is 7.17. The van der Waals surface area contributed by atoms with Crippen molar-refractivity contribution in [1.29, 1.82) is 0 Å². The summed E-state index contributed by atoms with van der Waals surface area (Å²) in [6.07, 6.45) is 24.5. The topological polar surface area (TPSA) is 44.4 Å². The Bertz CT molecular complexity index is 845. The fourth-order valence-electron chi connectivity index (χ4n) is 7.43. The lowest BCUT2D eigenvalue weighted by Crippen LogP contribution is -2.53. The smallest absolute Gasteiger partial charge is 0.247 e. The molecule has 37 heavy (non-hydrogen) atoms. The van der Waals surface area contributed by atoms with E-state index in [2.05, 4.69) is 39.6 Å². The van der Waals surface area contributed by atoms with Gasteiger partial charge in [0.2, 0.25) is 5.91 Å². The Labute approximate surface area is 229 Å². The van der Waals surface area contributed by atoms with Crippen LogP contribution in [0.25, 0.3) is 6.08 Å². The summed E-state index contributed by atoms with van der Waals surface area (Å²) in [4.78, 5) is 16.1. The summed E-state index contributed by atoms with van der Waals surface area (Å²) < 4.78 is 0. The molecule has 0 aromatic heterocycles. The Balaban J connectivity index is 1.29. The second-order valence-electron chi connectivity index (χ2n) is 12.1. The number of benzene rings is 1. The highest BCUT2D eigenvalue weighted by Crippen LogP contribution is 2.43. The predicted molar refractivity (Wildman–Crippen MR) is 157 cm³/mol. The Morgan fingerprint density at radius 1 is 0.838 bits per heavy atom. The molecule has 4 atom stereocenters. The molecule has 2 aliphatic carbocycles. The number of carbonyl (C=O) groups is 1. The maximum atomic E-state index is 13.8. The van der Waals surface area contributed by atoms with Crippen LogP contribution in [0.1, 0.15) is 102 Å². The van der Waals surface area contributed by atoms with Gasteiger partial charge in [-0.25, -0.2) is 5.43 Å². The van der Waals surface area contributed by atoms with Gasteiger partial charge in [-0.3, -0.25) is 10.2 Å². The fourth-order valence-corrected chi connectivity index (χ4v) is 9.21. The van der Waals surface area contributed by atoms with Crippen LogP contribution in [0.3, 0.4) is 0 Å². The van der Waals surface area contributed by atoms with Gasteiger partial charge in [0.25, 0.3) is 0 Å². The molecule has 2 heterocycles. The van der Waals surface area contributed by atoms with Gasteiger partial charge in [0.1, 0.15) is 0 Å². The van der Waals surface area contributed by atoms with E-state index in [0.717, 1.165) is 29.8 Å².